The summed E-state index contributed by atoms with van der Waals surface area (Å²) in [5.41, 5.74) is 2.34. The van der Waals surface area contributed by atoms with Crippen LogP contribution in [0.15, 0.2) is 66.7 Å². The third kappa shape index (κ3) is 4.19. The van der Waals surface area contributed by atoms with E-state index < -0.39 is 0 Å². The van der Waals surface area contributed by atoms with E-state index in [4.69, 9.17) is 4.74 Å². The van der Waals surface area contributed by atoms with Crippen molar-refractivity contribution >= 4 is 5.95 Å². The van der Waals surface area contributed by atoms with Crippen LogP contribution in [0, 0.1) is 0 Å². The SMILES string of the molecule is C1=CC(OCc2cccc(CNc3ncccn3)c2)=CCC1. The Hall–Kier alpha value is -2.62. The number of ether oxygens (including phenoxy) is 1. The second kappa shape index (κ2) is 7.41. The van der Waals surface area contributed by atoms with Crippen LogP contribution in [-0.4, -0.2) is 9.97 Å². The van der Waals surface area contributed by atoms with Gasteiger partial charge in [-0.05, 0) is 42.2 Å². The van der Waals surface area contributed by atoms with Crippen molar-refractivity contribution in [2.24, 2.45) is 0 Å². The average Bonchev–Trinajstić information content (AvgIpc) is 2.60. The Labute approximate surface area is 130 Å². The zero-order valence-electron chi connectivity index (χ0n) is 12.4. The maximum atomic E-state index is 5.82. The van der Waals surface area contributed by atoms with Gasteiger partial charge in [0, 0.05) is 18.9 Å². The molecule has 0 fully saturated rings. The van der Waals surface area contributed by atoms with Crippen molar-refractivity contribution in [1.29, 1.82) is 0 Å². The molecule has 1 aromatic heterocycles. The number of nitrogens with zero attached hydrogens (tertiary/aromatic N) is 2. The molecule has 1 heterocycles. The van der Waals surface area contributed by atoms with E-state index in [0.29, 0.717) is 19.1 Å². The quantitative estimate of drug-likeness (QED) is 0.879. The molecule has 4 heteroatoms. The highest BCUT2D eigenvalue weighted by atomic mass is 16.5. The van der Waals surface area contributed by atoms with Gasteiger partial charge in [-0.1, -0.05) is 30.3 Å². The molecule has 0 saturated carbocycles. The van der Waals surface area contributed by atoms with Gasteiger partial charge >= 0.3 is 0 Å². The molecule has 0 atom stereocenters. The molecule has 2 aromatic rings. The van der Waals surface area contributed by atoms with Crippen molar-refractivity contribution < 1.29 is 4.74 Å². The van der Waals surface area contributed by atoms with Crippen molar-refractivity contribution in [2.45, 2.75) is 26.0 Å². The van der Waals surface area contributed by atoms with Crippen molar-refractivity contribution in [3.63, 3.8) is 0 Å². The summed E-state index contributed by atoms with van der Waals surface area (Å²) in [6, 6.07) is 10.2. The van der Waals surface area contributed by atoms with E-state index in [1.54, 1.807) is 18.5 Å². The molecule has 0 unspecified atom stereocenters. The first-order valence-corrected chi connectivity index (χ1v) is 7.48. The number of hydrogen-bond donors (Lipinski definition) is 1. The first kappa shape index (κ1) is 14.3. The fourth-order valence-corrected chi connectivity index (χ4v) is 2.26. The summed E-state index contributed by atoms with van der Waals surface area (Å²) in [5, 5.41) is 3.21. The van der Waals surface area contributed by atoms with Gasteiger partial charge in [-0.25, -0.2) is 9.97 Å². The predicted molar refractivity (Wildman–Crippen MR) is 87.0 cm³/mol. The number of allylic oxidation sites excluding steroid dienone is 3. The number of nitrogens with one attached hydrogen (secondary N) is 1. The van der Waals surface area contributed by atoms with Crippen molar-refractivity contribution in [3.05, 3.63) is 77.8 Å². The zero-order valence-corrected chi connectivity index (χ0v) is 12.4. The van der Waals surface area contributed by atoms with Gasteiger partial charge in [0.15, 0.2) is 0 Å². The molecule has 1 aliphatic carbocycles. The molecule has 0 amide bonds. The Balaban J connectivity index is 1.55. The Bertz CT molecular complexity index is 665. The number of rotatable bonds is 6. The maximum absolute atomic E-state index is 5.82. The van der Waals surface area contributed by atoms with Gasteiger partial charge in [-0.3, -0.25) is 0 Å². The van der Waals surface area contributed by atoms with Gasteiger partial charge in [0.05, 0.1) is 0 Å². The molecular formula is C18H19N3O. The average molecular weight is 293 g/mol. The molecule has 112 valence electrons. The smallest absolute Gasteiger partial charge is 0.222 e. The second-order valence-corrected chi connectivity index (χ2v) is 5.12. The first-order valence-electron chi connectivity index (χ1n) is 7.48. The van der Waals surface area contributed by atoms with Gasteiger partial charge in [0.2, 0.25) is 5.95 Å². The summed E-state index contributed by atoms with van der Waals surface area (Å²) in [7, 11) is 0. The molecule has 0 saturated heterocycles. The topological polar surface area (TPSA) is 47.0 Å². The van der Waals surface area contributed by atoms with Crippen LogP contribution in [0.2, 0.25) is 0 Å². The van der Waals surface area contributed by atoms with E-state index in [9.17, 15) is 0 Å². The zero-order chi connectivity index (χ0) is 15.0. The number of benzene rings is 1. The van der Waals surface area contributed by atoms with Gasteiger partial charge in [-0.2, -0.15) is 0 Å². The van der Waals surface area contributed by atoms with Crippen LogP contribution in [0.4, 0.5) is 5.95 Å². The molecule has 1 aromatic carbocycles. The lowest BCUT2D eigenvalue weighted by atomic mass is 10.1. The summed E-state index contributed by atoms with van der Waals surface area (Å²) in [5.74, 6) is 1.61. The maximum Gasteiger partial charge on any atom is 0.222 e. The Kier molecular flexibility index (Phi) is 4.82. The van der Waals surface area contributed by atoms with E-state index in [-0.39, 0.29) is 0 Å². The molecule has 22 heavy (non-hydrogen) atoms. The lowest BCUT2D eigenvalue weighted by Gasteiger charge is -2.11. The van der Waals surface area contributed by atoms with Gasteiger partial charge in [0.25, 0.3) is 0 Å². The molecular weight excluding hydrogens is 274 g/mol. The molecule has 0 aliphatic heterocycles. The highest BCUT2D eigenvalue weighted by Crippen LogP contribution is 2.14. The van der Waals surface area contributed by atoms with Crippen LogP contribution in [0.3, 0.4) is 0 Å². The Morgan fingerprint density at radius 1 is 1.05 bits per heavy atom. The van der Waals surface area contributed by atoms with Crippen molar-refractivity contribution in [1.82, 2.24) is 9.97 Å². The summed E-state index contributed by atoms with van der Waals surface area (Å²) in [4.78, 5) is 8.30. The molecule has 0 radical (unpaired) electrons. The molecule has 3 rings (SSSR count). The van der Waals surface area contributed by atoms with Crippen molar-refractivity contribution in [3.8, 4) is 0 Å². The van der Waals surface area contributed by atoms with Crippen LogP contribution in [0.5, 0.6) is 0 Å². The van der Waals surface area contributed by atoms with E-state index in [1.807, 2.05) is 12.1 Å². The predicted octanol–water partition coefficient (Wildman–Crippen LogP) is 3.84. The van der Waals surface area contributed by atoms with Gasteiger partial charge < -0.3 is 10.1 Å². The fraction of sp³-hybridized carbons (Fsp3) is 0.222. The molecule has 1 N–H and O–H groups in total. The normalized spacial score (nSPS) is 13.5. The lowest BCUT2D eigenvalue weighted by molar-refractivity contribution is 0.209. The van der Waals surface area contributed by atoms with Crippen LogP contribution in [-0.2, 0) is 17.9 Å². The highest BCUT2D eigenvalue weighted by molar-refractivity contribution is 5.29. The van der Waals surface area contributed by atoms with E-state index in [0.717, 1.165) is 24.2 Å². The van der Waals surface area contributed by atoms with Crippen LogP contribution < -0.4 is 5.32 Å². The van der Waals surface area contributed by atoms with Crippen LogP contribution >= 0.6 is 0 Å². The minimum atomic E-state index is 0.589. The van der Waals surface area contributed by atoms with Crippen LogP contribution in [0.25, 0.3) is 0 Å². The molecule has 1 aliphatic rings. The van der Waals surface area contributed by atoms with Gasteiger partial charge in [-0.15, -0.1) is 0 Å². The fourth-order valence-electron chi connectivity index (χ4n) is 2.26. The summed E-state index contributed by atoms with van der Waals surface area (Å²) < 4.78 is 5.82. The Morgan fingerprint density at radius 3 is 2.73 bits per heavy atom. The third-order valence-corrected chi connectivity index (χ3v) is 3.37. The lowest BCUT2D eigenvalue weighted by Crippen LogP contribution is -2.03. The highest BCUT2D eigenvalue weighted by Gasteiger charge is 2.01. The molecule has 4 nitrogen and oxygen atoms in total. The summed E-state index contributed by atoms with van der Waals surface area (Å²) >= 11 is 0. The van der Waals surface area contributed by atoms with E-state index >= 15 is 0 Å². The molecule has 0 bridgehead atoms. The standard InChI is InChI=1S/C18H19N3O/c1-2-8-17(9-3-1)22-14-16-7-4-6-15(12-16)13-21-18-19-10-5-11-20-18/h2,4-12H,1,3,13-14H2,(H,19,20,21). The monoisotopic (exact) mass is 293 g/mol. The van der Waals surface area contributed by atoms with Gasteiger partial charge in [0.1, 0.15) is 12.4 Å². The summed E-state index contributed by atoms with van der Waals surface area (Å²) in [6.45, 7) is 1.28. The van der Waals surface area contributed by atoms with Crippen molar-refractivity contribution in [2.75, 3.05) is 5.32 Å². The number of aromatic nitrogens is 2. The minimum absolute atomic E-state index is 0.589. The van der Waals surface area contributed by atoms with E-state index in [2.05, 4.69) is 45.6 Å². The first-order chi connectivity index (χ1) is 10.9. The number of anilines is 1. The summed E-state index contributed by atoms with van der Waals surface area (Å²) in [6.07, 6.45) is 12.0. The van der Waals surface area contributed by atoms with Crippen LogP contribution in [0.1, 0.15) is 24.0 Å². The Morgan fingerprint density at radius 2 is 1.91 bits per heavy atom. The third-order valence-electron chi connectivity index (χ3n) is 3.37. The molecule has 0 spiro atoms. The van der Waals surface area contributed by atoms with E-state index in [1.165, 1.54) is 5.56 Å². The largest absolute Gasteiger partial charge is 0.489 e. The minimum Gasteiger partial charge on any atom is -0.489 e. The second-order valence-electron chi connectivity index (χ2n) is 5.12. The number of hydrogen-bond acceptors (Lipinski definition) is 4.